The van der Waals surface area contributed by atoms with E-state index in [0.29, 0.717) is 17.6 Å². The van der Waals surface area contributed by atoms with Gasteiger partial charge in [-0.15, -0.1) is 0 Å². The number of amides is 1. The summed E-state index contributed by atoms with van der Waals surface area (Å²) in [5, 5.41) is 0. The van der Waals surface area contributed by atoms with Gasteiger partial charge in [0.05, 0.1) is 23.1 Å². The molecule has 22 heavy (non-hydrogen) atoms. The highest BCUT2D eigenvalue weighted by molar-refractivity contribution is 6.01. The van der Waals surface area contributed by atoms with Gasteiger partial charge in [0.2, 0.25) is 0 Å². The number of primary amides is 1. The van der Waals surface area contributed by atoms with Gasteiger partial charge in [0.25, 0.3) is 5.91 Å². The summed E-state index contributed by atoms with van der Waals surface area (Å²) in [5.41, 5.74) is 16.8. The molecule has 3 aromatic rings. The number of imidazole rings is 1. The average molecular weight is 299 g/mol. The van der Waals surface area contributed by atoms with Crippen LogP contribution in [0.15, 0.2) is 42.7 Å². The standard InChI is InChI=1S/C15H14FN5O/c16-10-3-1-2-9(4-10)7-20-21-8-19-13-6-12(17)11(15(18)22)5-14(13)21/h1-6,8,20H,7,17H2,(H2,18,22). The van der Waals surface area contributed by atoms with Gasteiger partial charge >= 0.3 is 0 Å². The molecule has 0 bridgehead atoms. The van der Waals surface area contributed by atoms with Crippen LogP contribution in [0.2, 0.25) is 0 Å². The smallest absolute Gasteiger partial charge is 0.250 e. The van der Waals surface area contributed by atoms with E-state index in [9.17, 15) is 9.18 Å². The quantitative estimate of drug-likeness (QED) is 0.637. The van der Waals surface area contributed by atoms with Gasteiger partial charge in [-0.1, -0.05) is 12.1 Å². The van der Waals surface area contributed by atoms with E-state index >= 15 is 0 Å². The summed E-state index contributed by atoms with van der Waals surface area (Å²) >= 11 is 0. The summed E-state index contributed by atoms with van der Waals surface area (Å²) in [6.45, 7) is 0.402. The van der Waals surface area contributed by atoms with Crippen LogP contribution < -0.4 is 16.9 Å². The van der Waals surface area contributed by atoms with E-state index in [2.05, 4.69) is 10.4 Å². The van der Waals surface area contributed by atoms with Crippen LogP contribution in [0.3, 0.4) is 0 Å². The maximum absolute atomic E-state index is 13.2. The largest absolute Gasteiger partial charge is 0.398 e. The molecule has 1 heterocycles. The SMILES string of the molecule is NC(=O)c1cc2c(cc1N)ncn2NCc1cccc(F)c1. The van der Waals surface area contributed by atoms with Crippen molar-refractivity contribution in [2.75, 3.05) is 11.2 Å². The first-order valence-corrected chi connectivity index (χ1v) is 6.59. The summed E-state index contributed by atoms with van der Waals surface area (Å²) in [7, 11) is 0. The predicted molar refractivity (Wildman–Crippen MR) is 82.1 cm³/mol. The van der Waals surface area contributed by atoms with Crippen LogP contribution in [0.1, 0.15) is 15.9 Å². The molecule has 6 nitrogen and oxygen atoms in total. The molecule has 2 aromatic carbocycles. The molecule has 0 atom stereocenters. The number of halogens is 1. The molecule has 0 aliphatic rings. The number of carbonyl (C=O) groups is 1. The van der Waals surface area contributed by atoms with Gasteiger partial charge in [-0.2, -0.15) is 0 Å². The zero-order valence-corrected chi connectivity index (χ0v) is 11.6. The maximum atomic E-state index is 13.2. The highest BCUT2D eigenvalue weighted by Crippen LogP contribution is 2.20. The van der Waals surface area contributed by atoms with Crippen molar-refractivity contribution in [3.05, 3.63) is 59.7 Å². The number of nitrogen functional groups attached to an aromatic ring is 1. The first-order valence-electron chi connectivity index (χ1n) is 6.59. The monoisotopic (exact) mass is 299 g/mol. The Bertz CT molecular complexity index is 858. The Kier molecular flexibility index (Phi) is 3.38. The van der Waals surface area contributed by atoms with Crippen molar-refractivity contribution >= 4 is 22.6 Å². The zero-order valence-electron chi connectivity index (χ0n) is 11.6. The van der Waals surface area contributed by atoms with Crippen molar-refractivity contribution < 1.29 is 9.18 Å². The van der Waals surface area contributed by atoms with E-state index in [1.54, 1.807) is 29.2 Å². The molecule has 5 N–H and O–H groups in total. The molecule has 0 aliphatic carbocycles. The highest BCUT2D eigenvalue weighted by atomic mass is 19.1. The lowest BCUT2D eigenvalue weighted by molar-refractivity contribution is 0.100. The Labute approximate surface area is 125 Å². The number of benzene rings is 2. The van der Waals surface area contributed by atoms with Crippen molar-refractivity contribution in [2.24, 2.45) is 5.73 Å². The molecule has 0 saturated heterocycles. The van der Waals surface area contributed by atoms with Crippen LogP contribution in [-0.2, 0) is 6.54 Å². The van der Waals surface area contributed by atoms with Gasteiger partial charge in [-0.25, -0.2) is 14.1 Å². The van der Waals surface area contributed by atoms with Crippen molar-refractivity contribution in [1.82, 2.24) is 9.66 Å². The Balaban J connectivity index is 1.91. The molecule has 3 rings (SSSR count). The van der Waals surface area contributed by atoms with Crippen LogP contribution in [0, 0.1) is 5.82 Å². The minimum absolute atomic E-state index is 0.238. The van der Waals surface area contributed by atoms with Crippen LogP contribution in [0.4, 0.5) is 10.1 Å². The van der Waals surface area contributed by atoms with E-state index in [0.717, 1.165) is 5.56 Å². The lowest BCUT2D eigenvalue weighted by Crippen LogP contribution is -2.15. The second kappa shape index (κ2) is 5.36. The molecule has 0 aliphatic heterocycles. The maximum Gasteiger partial charge on any atom is 0.250 e. The van der Waals surface area contributed by atoms with E-state index < -0.39 is 5.91 Å². The van der Waals surface area contributed by atoms with Crippen LogP contribution in [0.5, 0.6) is 0 Å². The van der Waals surface area contributed by atoms with E-state index in [1.807, 2.05) is 6.07 Å². The Hall–Kier alpha value is -3.09. The van der Waals surface area contributed by atoms with Gasteiger partial charge < -0.3 is 16.9 Å². The number of fused-ring (bicyclic) bond motifs is 1. The molecular weight excluding hydrogens is 285 g/mol. The number of anilines is 1. The summed E-state index contributed by atoms with van der Waals surface area (Å²) in [6, 6.07) is 9.46. The molecule has 0 radical (unpaired) electrons. The molecule has 0 fully saturated rings. The van der Waals surface area contributed by atoms with Gasteiger partial charge in [0.15, 0.2) is 0 Å². The minimum atomic E-state index is -0.600. The molecule has 0 spiro atoms. The number of nitrogens with zero attached hydrogens (tertiary/aromatic N) is 2. The molecule has 7 heteroatoms. The van der Waals surface area contributed by atoms with E-state index in [-0.39, 0.29) is 17.1 Å². The zero-order chi connectivity index (χ0) is 15.7. The van der Waals surface area contributed by atoms with Crippen LogP contribution >= 0.6 is 0 Å². The summed E-state index contributed by atoms with van der Waals surface area (Å²) < 4.78 is 14.8. The predicted octanol–water partition coefficient (Wildman–Crippen LogP) is 1.60. The number of hydrogen-bond donors (Lipinski definition) is 3. The second-order valence-electron chi connectivity index (χ2n) is 4.87. The van der Waals surface area contributed by atoms with E-state index in [1.165, 1.54) is 12.1 Å². The lowest BCUT2D eigenvalue weighted by atomic mass is 10.1. The first-order chi connectivity index (χ1) is 10.5. The average Bonchev–Trinajstić information content (AvgIpc) is 2.86. The molecule has 1 amide bonds. The summed E-state index contributed by atoms with van der Waals surface area (Å²) in [6.07, 6.45) is 1.56. The molecule has 0 saturated carbocycles. The van der Waals surface area contributed by atoms with Gasteiger partial charge in [0, 0.05) is 5.69 Å². The number of nitrogens with two attached hydrogens (primary N) is 2. The Morgan fingerprint density at radius 1 is 1.32 bits per heavy atom. The van der Waals surface area contributed by atoms with E-state index in [4.69, 9.17) is 11.5 Å². The number of carbonyl (C=O) groups excluding carboxylic acids is 1. The Morgan fingerprint density at radius 3 is 2.86 bits per heavy atom. The minimum Gasteiger partial charge on any atom is -0.398 e. The lowest BCUT2D eigenvalue weighted by Gasteiger charge is -2.09. The fraction of sp³-hybridized carbons (Fsp3) is 0.0667. The third-order valence-corrected chi connectivity index (χ3v) is 3.33. The number of nitrogens with one attached hydrogen (secondary N) is 1. The summed E-state index contributed by atoms with van der Waals surface area (Å²) in [4.78, 5) is 15.6. The number of hydrogen-bond acceptors (Lipinski definition) is 4. The fourth-order valence-corrected chi connectivity index (χ4v) is 2.23. The van der Waals surface area contributed by atoms with Crippen molar-refractivity contribution in [3.63, 3.8) is 0 Å². The van der Waals surface area contributed by atoms with Crippen LogP contribution in [-0.4, -0.2) is 15.6 Å². The number of aromatic nitrogens is 2. The normalized spacial score (nSPS) is 10.8. The topological polar surface area (TPSA) is 99.0 Å². The van der Waals surface area contributed by atoms with Crippen molar-refractivity contribution in [1.29, 1.82) is 0 Å². The highest BCUT2D eigenvalue weighted by Gasteiger charge is 2.11. The van der Waals surface area contributed by atoms with Crippen molar-refractivity contribution in [2.45, 2.75) is 6.54 Å². The number of rotatable bonds is 4. The van der Waals surface area contributed by atoms with Gasteiger partial charge in [-0.05, 0) is 29.8 Å². The fourth-order valence-electron chi connectivity index (χ4n) is 2.23. The van der Waals surface area contributed by atoms with Crippen LogP contribution in [0.25, 0.3) is 11.0 Å². The molecule has 1 aromatic heterocycles. The molecular formula is C15H14FN5O. The molecule has 112 valence electrons. The van der Waals surface area contributed by atoms with Crippen molar-refractivity contribution in [3.8, 4) is 0 Å². The second-order valence-corrected chi connectivity index (χ2v) is 4.87. The third-order valence-electron chi connectivity index (χ3n) is 3.33. The van der Waals surface area contributed by atoms with Gasteiger partial charge in [0.1, 0.15) is 12.1 Å². The molecule has 0 unspecified atom stereocenters. The Morgan fingerprint density at radius 2 is 2.14 bits per heavy atom. The summed E-state index contributed by atoms with van der Waals surface area (Å²) in [5.74, 6) is -0.893. The first kappa shape index (κ1) is 13.9. The van der Waals surface area contributed by atoms with Gasteiger partial charge in [-0.3, -0.25) is 4.79 Å². The third kappa shape index (κ3) is 2.56.